The van der Waals surface area contributed by atoms with Crippen molar-refractivity contribution in [1.82, 2.24) is 0 Å². The number of rotatable bonds is 10. The predicted octanol–water partition coefficient (Wildman–Crippen LogP) is 5.69. The second kappa shape index (κ2) is 11.0. The SMILES string of the molecule is CCOc1cc(C=NNc2ccc([N+](=O)[O-])cc2[N+](=O)[O-])cc(Br)c1OCc1ccccc1. The van der Waals surface area contributed by atoms with E-state index in [1.165, 1.54) is 12.3 Å². The van der Waals surface area contributed by atoms with Crippen LogP contribution in [-0.4, -0.2) is 22.7 Å². The molecule has 10 nitrogen and oxygen atoms in total. The highest BCUT2D eigenvalue weighted by Crippen LogP contribution is 2.37. The Balaban J connectivity index is 1.79. The molecule has 0 aliphatic carbocycles. The van der Waals surface area contributed by atoms with Crippen molar-refractivity contribution in [3.8, 4) is 11.5 Å². The van der Waals surface area contributed by atoms with E-state index >= 15 is 0 Å². The van der Waals surface area contributed by atoms with E-state index in [4.69, 9.17) is 9.47 Å². The van der Waals surface area contributed by atoms with Crippen molar-refractivity contribution in [1.29, 1.82) is 0 Å². The molecule has 0 aromatic heterocycles. The number of nitrogens with one attached hydrogen (secondary N) is 1. The lowest BCUT2D eigenvalue weighted by atomic mass is 10.2. The van der Waals surface area contributed by atoms with E-state index in [1.54, 1.807) is 12.1 Å². The van der Waals surface area contributed by atoms with Gasteiger partial charge in [-0.25, -0.2) is 0 Å². The molecule has 0 aliphatic rings. The summed E-state index contributed by atoms with van der Waals surface area (Å²) in [5.41, 5.74) is 3.38. The van der Waals surface area contributed by atoms with Gasteiger partial charge in [0.15, 0.2) is 11.5 Å². The molecule has 0 unspecified atom stereocenters. The van der Waals surface area contributed by atoms with Gasteiger partial charge >= 0.3 is 5.69 Å². The minimum absolute atomic E-state index is 0.0220. The van der Waals surface area contributed by atoms with Crippen LogP contribution in [0.4, 0.5) is 17.1 Å². The van der Waals surface area contributed by atoms with E-state index in [0.717, 1.165) is 17.7 Å². The molecule has 0 aliphatic heterocycles. The number of benzene rings is 3. The summed E-state index contributed by atoms with van der Waals surface area (Å²) >= 11 is 3.49. The van der Waals surface area contributed by atoms with Gasteiger partial charge in [-0.3, -0.25) is 25.7 Å². The van der Waals surface area contributed by atoms with Gasteiger partial charge in [-0.15, -0.1) is 0 Å². The van der Waals surface area contributed by atoms with Gasteiger partial charge in [-0.05, 0) is 52.2 Å². The third-order valence-electron chi connectivity index (χ3n) is 4.35. The Morgan fingerprint density at radius 2 is 1.79 bits per heavy atom. The fourth-order valence-electron chi connectivity index (χ4n) is 2.85. The van der Waals surface area contributed by atoms with Gasteiger partial charge in [0.2, 0.25) is 0 Å². The van der Waals surface area contributed by atoms with Gasteiger partial charge in [0.1, 0.15) is 12.3 Å². The van der Waals surface area contributed by atoms with Crippen molar-refractivity contribution >= 4 is 39.2 Å². The number of nitrogens with zero attached hydrogens (tertiary/aromatic N) is 3. The number of non-ortho nitro benzene ring substituents is 1. The van der Waals surface area contributed by atoms with E-state index in [1.807, 2.05) is 37.3 Å². The van der Waals surface area contributed by atoms with Crippen LogP contribution in [-0.2, 0) is 6.61 Å². The Bertz CT molecular complexity index is 1190. The van der Waals surface area contributed by atoms with Crippen molar-refractivity contribution in [2.24, 2.45) is 5.10 Å². The molecule has 0 bridgehead atoms. The summed E-state index contributed by atoms with van der Waals surface area (Å²) < 4.78 is 12.3. The molecular formula is C22H19BrN4O6. The average Bonchev–Trinajstić information content (AvgIpc) is 2.79. The Labute approximate surface area is 197 Å². The van der Waals surface area contributed by atoms with Gasteiger partial charge in [0.25, 0.3) is 5.69 Å². The molecule has 0 amide bonds. The van der Waals surface area contributed by atoms with Crippen LogP contribution in [0.5, 0.6) is 11.5 Å². The molecule has 3 aromatic rings. The maximum absolute atomic E-state index is 11.2. The molecule has 11 heteroatoms. The number of ether oxygens (including phenoxy) is 2. The highest BCUT2D eigenvalue weighted by atomic mass is 79.9. The van der Waals surface area contributed by atoms with Crippen LogP contribution in [0.1, 0.15) is 18.1 Å². The number of nitro groups is 2. The monoisotopic (exact) mass is 514 g/mol. The molecule has 3 rings (SSSR count). The first kappa shape index (κ1) is 23.7. The molecule has 1 N–H and O–H groups in total. The van der Waals surface area contributed by atoms with Gasteiger partial charge in [-0.2, -0.15) is 5.10 Å². The number of halogens is 1. The van der Waals surface area contributed by atoms with Crippen molar-refractivity contribution in [3.05, 3.63) is 96.5 Å². The molecule has 0 spiro atoms. The third kappa shape index (κ3) is 6.26. The van der Waals surface area contributed by atoms with Crippen LogP contribution in [0, 0.1) is 20.2 Å². The first-order valence-electron chi connectivity index (χ1n) is 9.74. The lowest BCUT2D eigenvalue weighted by molar-refractivity contribution is -0.393. The highest BCUT2D eigenvalue weighted by Gasteiger charge is 2.19. The Morgan fingerprint density at radius 3 is 2.45 bits per heavy atom. The quantitative estimate of drug-likeness (QED) is 0.209. The Hall–Kier alpha value is -3.99. The predicted molar refractivity (Wildman–Crippen MR) is 127 cm³/mol. The van der Waals surface area contributed by atoms with Crippen molar-refractivity contribution in [3.63, 3.8) is 0 Å². The Kier molecular flexibility index (Phi) is 7.92. The maximum Gasteiger partial charge on any atom is 0.301 e. The number of hydrogen-bond donors (Lipinski definition) is 1. The van der Waals surface area contributed by atoms with E-state index in [-0.39, 0.29) is 11.4 Å². The summed E-state index contributed by atoms with van der Waals surface area (Å²) in [5.74, 6) is 1.04. The van der Waals surface area contributed by atoms with Crippen LogP contribution in [0.2, 0.25) is 0 Å². The number of hydrazone groups is 1. The molecule has 33 heavy (non-hydrogen) atoms. The van der Waals surface area contributed by atoms with E-state index < -0.39 is 15.5 Å². The van der Waals surface area contributed by atoms with Crippen molar-refractivity contribution < 1.29 is 19.3 Å². The molecule has 170 valence electrons. The van der Waals surface area contributed by atoms with Gasteiger partial charge in [0, 0.05) is 6.07 Å². The lowest BCUT2D eigenvalue weighted by Crippen LogP contribution is -2.02. The van der Waals surface area contributed by atoms with Gasteiger partial charge in [0.05, 0.1) is 33.2 Å². The maximum atomic E-state index is 11.2. The number of hydrogen-bond acceptors (Lipinski definition) is 8. The van der Waals surface area contributed by atoms with Crippen LogP contribution in [0.25, 0.3) is 0 Å². The zero-order valence-corrected chi connectivity index (χ0v) is 19.0. The topological polar surface area (TPSA) is 129 Å². The van der Waals surface area contributed by atoms with Crippen molar-refractivity contribution in [2.75, 3.05) is 12.0 Å². The normalized spacial score (nSPS) is 10.7. The van der Waals surface area contributed by atoms with Gasteiger partial charge < -0.3 is 9.47 Å². The smallest absolute Gasteiger partial charge is 0.301 e. The summed E-state index contributed by atoms with van der Waals surface area (Å²) in [4.78, 5) is 20.7. The molecule has 0 saturated heterocycles. The summed E-state index contributed by atoms with van der Waals surface area (Å²) in [6, 6.07) is 16.5. The fourth-order valence-corrected chi connectivity index (χ4v) is 3.42. The first-order chi connectivity index (χ1) is 15.9. The molecule has 0 heterocycles. The Morgan fingerprint density at radius 1 is 1.03 bits per heavy atom. The molecular weight excluding hydrogens is 496 g/mol. The van der Waals surface area contributed by atoms with E-state index in [2.05, 4.69) is 26.5 Å². The molecule has 3 aromatic carbocycles. The first-order valence-corrected chi connectivity index (χ1v) is 10.5. The molecule has 0 atom stereocenters. The van der Waals surface area contributed by atoms with E-state index in [0.29, 0.717) is 34.7 Å². The fraction of sp³-hybridized carbons (Fsp3) is 0.136. The standard InChI is InChI=1S/C22H19BrN4O6/c1-2-32-21-11-16(10-18(23)22(21)33-14-15-6-4-3-5-7-15)13-24-25-19-9-8-17(26(28)29)12-20(19)27(30)31/h3-13,25H,2,14H2,1H3. The van der Waals surface area contributed by atoms with Crippen LogP contribution < -0.4 is 14.9 Å². The second-order valence-electron chi connectivity index (χ2n) is 6.62. The molecule has 0 fully saturated rings. The van der Waals surface area contributed by atoms with Gasteiger partial charge in [-0.1, -0.05) is 30.3 Å². The minimum Gasteiger partial charge on any atom is -0.490 e. The number of anilines is 1. The number of nitro benzene ring substituents is 2. The zero-order chi connectivity index (χ0) is 23.8. The third-order valence-corrected chi connectivity index (χ3v) is 4.93. The summed E-state index contributed by atoms with van der Waals surface area (Å²) in [5, 5.41) is 26.1. The molecule has 0 radical (unpaired) electrons. The summed E-state index contributed by atoms with van der Waals surface area (Å²) in [6.07, 6.45) is 1.44. The highest BCUT2D eigenvalue weighted by molar-refractivity contribution is 9.10. The lowest BCUT2D eigenvalue weighted by Gasteiger charge is -2.14. The molecule has 0 saturated carbocycles. The van der Waals surface area contributed by atoms with Crippen molar-refractivity contribution in [2.45, 2.75) is 13.5 Å². The van der Waals surface area contributed by atoms with Crippen LogP contribution >= 0.6 is 15.9 Å². The summed E-state index contributed by atoms with van der Waals surface area (Å²) in [6.45, 7) is 2.63. The average molecular weight is 515 g/mol. The second-order valence-corrected chi connectivity index (χ2v) is 7.48. The van der Waals surface area contributed by atoms with E-state index in [9.17, 15) is 20.2 Å². The van der Waals surface area contributed by atoms with Crippen LogP contribution in [0.3, 0.4) is 0 Å². The zero-order valence-electron chi connectivity index (χ0n) is 17.4. The largest absolute Gasteiger partial charge is 0.490 e. The van der Waals surface area contributed by atoms with Crippen LogP contribution in [0.15, 0.2) is 70.2 Å². The minimum atomic E-state index is -0.715. The summed E-state index contributed by atoms with van der Waals surface area (Å²) in [7, 11) is 0.